The van der Waals surface area contributed by atoms with Crippen molar-refractivity contribution in [2.24, 2.45) is 11.8 Å². The molecular formula is C11H23NO2. The Balaban J connectivity index is 1.72. The normalized spacial score (nSPS) is 26.1. The molecule has 3 nitrogen and oxygen atoms in total. The van der Waals surface area contributed by atoms with Gasteiger partial charge < -0.3 is 14.8 Å². The van der Waals surface area contributed by atoms with Gasteiger partial charge >= 0.3 is 0 Å². The first-order chi connectivity index (χ1) is 6.83. The lowest BCUT2D eigenvalue weighted by Gasteiger charge is -2.32. The molecule has 0 saturated heterocycles. The average molecular weight is 201 g/mol. The third kappa shape index (κ3) is 4.94. The van der Waals surface area contributed by atoms with Crippen molar-refractivity contribution < 1.29 is 9.47 Å². The van der Waals surface area contributed by atoms with Gasteiger partial charge in [0.2, 0.25) is 0 Å². The van der Waals surface area contributed by atoms with Crippen LogP contribution in [0.15, 0.2) is 0 Å². The molecule has 1 saturated carbocycles. The van der Waals surface area contributed by atoms with Crippen LogP contribution in [0.4, 0.5) is 0 Å². The molecule has 14 heavy (non-hydrogen) atoms. The fraction of sp³-hybridized carbons (Fsp3) is 1.00. The summed E-state index contributed by atoms with van der Waals surface area (Å²) in [5, 5.41) is 3.25. The molecule has 1 fully saturated rings. The van der Waals surface area contributed by atoms with Crippen LogP contribution < -0.4 is 5.32 Å². The second kappa shape index (κ2) is 7.21. The number of methoxy groups -OCH3 is 1. The van der Waals surface area contributed by atoms with Gasteiger partial charge in [0.15, 0.2) is 0 Å². The maximum Gasteiger partial charge on any atom is 0.0591 e. The van der Waals surface area contributed by atoms with E-state index in [-0.39, 0.29) is 0 Å². The minimum atomic E-state index is 0.778. The van der Waals surface area contributed by atoms with Crippen LogP contribution in [0, 0.1) is 11.8 Å². The molecule has 0 heterocycles. The summed E-state index contributed by atoms with van der Waals surface area (Å²) in [6, 6.07) is 0. The van der Waals surface area contributed by atoms with Gasteiger partial charge in [0.25, 0.3) is 0 Å². The molecule has 3 heteroatoms. The van der Waals surface area contributed by atoms with E-state index in [9.17, 15) is 0 Å². The lowest BCUT2D eigenvalue weighted by Crippen LogP contribution is -2.28. The standard InChI is InChI=1S/C11H23NO2/c1-10-7-11(8-10)9-14-6-4-12-3-5-13-2/h10-12H,3-9H2,1-2H3. The summed E-state index contributed by atoms with van der Waals surface area (Å²) in [7, 11) is 1.72. The summed E-state index contributed by atoms with van der Waals surface area (Å²) >= 11 is 0. The average Bonchev–Trinajstić information content (AvgIpc) is 2.13. The molecule has 0 unspecified atom stereocenters. The molecule has 0 radical (unpaired) electrons. The largest absolute Gasteiger partial charge is 0.383 e. The Morgan fingerprint density at radius 3 is 2.57 bits per heavy atom. The monoisotopic (exact) mass is 201 g/mol. The maximum atomic E-state index is 5.56. The van der Waals surface area contributed by atoms with Gasteiger partial charge in [-0.2, -0.15) is 0 Å². The van der Waals surface area contributed by atoms with Crippen molar-refractivity contribution in [3.05, 3.63) is 0 Å². The van der Waals surface area contributed by atoms with E-state index in [2.05, 4.69) is 12.2 Å². The smallest absolute Gasteiger partial charge is 0.0591 e. The lowest BCUT2D eigenvalue weighted by molar-refractivity contribution is 0.0492. The summed E-state index contributed by atoms with van der Waals surface area (Å²) in [5.74, 6) is 1.77. The molecule has 0 atom stereocenters. The lowest BCUT2D eigenvalue weighted by atomic mass is 9.77. The molecule has 84 valence electrons. The first-order valence-electron chi connectivity index (χ1n) is 5.60. The molecule has 1 aliphatic rings. The fourth-order valence-electron chi connectivity index (χ4n) is 1.90. The first kappa shape index (κ1) is 12.0. The molecule has 1 rings (SSSR count). The SMILES string of the molecule is COCCNCCOCC1CC(C)C1. The van der Waals surface area contributed by atoms with Gasteiger partial charge in [-0.25, -0.2) is 0 Å². The third-order valence-corrected chi connectivity index (χ3v) is 2.73. The zero-order valence-corrected chi connectivity index (χ0v) is 9.42. The molecule has 0 spiro atoms. The highest BCUT2D eigenvalue weighted by Crippen LogP contribution is 2.32. The molecule has 1 N–H and O–H groups in total. The summed E-state index contributed by atoms with van der Waals surface area (Å²) in [6.07, 6.45) is 2.72. The molecule has 0 aromatic carbocycles. The highest BCUT2D eigenvalue weighted by Gasteiger charge is 2.24. The summed E-state index contributed by atoms with van der Waals surface area (Å²) in [6.45, 7) is 6.72. The number of nitrogens with one attached hydrogen (secondary N) is 1. The predicted molar refractivity (Wildman–Crippen MR) is 57.5 cm³/mol. The Kier molecular flexibility index (Phi) is 6.15. The van der Waals surface area contributed by atoms with Crippen LogP contribution in [-0.2, 0) is 9.47 Å². The zero-order valence-electron chi connectivity index (χ0n) is 9.42. The van der Waals surface area contributed by atoms with Crippen molar-refractivity contribution in [1.82, 2.24) is 5.32 Å². The van der Waals surface area contributed by atoms with E-state index >= 15 is 0 Å². The van der Waals surface area contributed by atoms with Crippen molar-refractivity contribution in [2.45, 2.75) is 19.8 Å². The van der Waals surface area contributed by atoms with Crippen molar-refractivity contribution >= 4 is 0 Å². The van der Waals surface area contributed by atoms with E-state index in [0.717, 1.165) is 44.7 Å². The second-order valence-corrected chi connectivity index (χ2v) is 4.26. The van der Waals surface area contributed by atoms with Gasteiger partial charge in [-0.05, 0) is 24.7 Å². The number of hydrogen-bond acceptors (Lipinski definition) is 3. The number of rotatable bonds is 8. The van der Waals surface area contributed by atoms with E-state index in [1.54, 1.807) is 7.11 Å². The van der Waals surface area contributed by atoms with Crippen LogP contribution in [0.25, 0.3) is 0 Å². The van der Waals surface area contributed by atoms with Gasteiger partial charge in [0.1, 0.15) is 0 Å². The van der Waals surface area contributed by atoms with Gasteiger partial charge in [-0.1, -0.05) is 6.92 Å². The van der Waals surface area contributed by atoms with E-state index in [4.69, 9.17) is 9.47 Å². The quantitative estimate of drug-likeness (QED) is 0.600. The topological polar surface area (TPSA) is 30.5 Å². The van der Waals surface area contributed by atoms with Crippen molar-refractivity contribution in [3.8, 4) is 0 Å². The van der Waals surface area contributed by atoms with Crippen molar-refractivity contribution in [3.63, 3.8) is 0 Å². The second-order valence-electron chi connectivity index (χ2n) is 4.26. The van der Waals surface area contributed by atoms with Crippen LogP contribution in [0.5, 0.6) is 0 Å². The molecular weight excluding hydrogens is 178 g/mol. The Bertz CT molecular complexity index is 135. The van der Waals surface area contributed by atoms with Gasteiger partial charge in [-0.3, -0.25) is 0 Å². The first-order valence-corrected chi connectivity index (χ1v) is 5.60. The summed E-state index contributed by atoms with van der Waals surface area (Å²) in [4.78, 5) is 0. The highest BCUT2D eigenvalue weighted by molar-refractivity contribution is 4.75. The van der Waals surface area contributed by atoms with Crippen molar-refractivity contribution in [1.29, 1.82) is 0 Å². The summed E-state index contributed by atoms with van der Waals surface area (Å²) < 4.78 is 10.5. The maximum absolute atomic E-state index is 5.56. The fourth-order valence-corrected chi connectivity index (χ4v) is 1.90. The molecule has 0 bridgehead atoms. The Hall–Kier alpha value is -0.120. The number of hydrogen-bond donors (Lipinski definition) is 1. The highest BCUT2D eigenvalue weighted by atomic mass is 16.5. The van der Waals surface area contributed by atoms with Crippen LogP contribution in [0.2, 0.25) is 0 Å². The van der Waals surface area contributed by atoms with Crippen LogP contribution in [0.1, 0.15) is 19.8 Å². The van der Waals surface area contributed by atoms with E-state index in [0.29, 0.717) is 0 Å². The van der Waals surface area contributed by atoms with E-state index in [1.807, 2.05) is 0 Å². The van der Waals surface area contributed by atoms with Gasteiger partial charge in [0.05, 0.1) is 13.2 Å². The molecule has 0 aromatic heterocycles. The Labute approximate surface area is 87.2 Å². The zero-order chi connectivity index (χ0) is 10.2. The van der Waals surface area contributed by atoms with Crippen LogP contribution in [0.3, 0.4) is 0 Å². The van der Waals surface area contributed by atoms with Gasteiger partial charge in [-0.15, -0.1) is 0 Å². The summed E-state index contributed by atoms with van der Waals surface area (Å²) in [5.41, 5.74) is 0. The molecule has 1 aliphatic carbocycles. The van der Waals surface area contributed by atoms with E-state index in [1.165, 1.54) is 12.8 Å². The molecule has 0 amide bonds. The van der Waals surface area contributed by atoms with Crippen LogP contribution in [-0.4, -0.2) is 40.0 Å². The predicted octanol–water partition coefficient (Wildman–Crippen LogP) is 1.29. The minimum absolute atomic E-state index is 0.778. The third-order valence-electron chi connectivity index (χ3n) is 2.73. The van der Waals surface area contributed by atoms with Crippen molar-refractivity contribution in [2.75, 3.05) is 40.0 Å². The number of ether oxygens (including phenoxy) is 2. The van der Waals surface area contributed by atoms with E-state index < -0.39 is 0 Å². The van der Waals surface area contributed by atoms with Gasteiger partial charge in [0, 0.05) is 26.8 Å². The Morgan fingerprint density at radius 2 is 1.93 bits per heavy atom. The Morgan fingerprint density at radius 1 is 1.21 bits per heavy atom. The minimum Gasteiger partial charge on any atom is -0.383 e. The molecule has 0 aliphatic heterocycles. The van der Waals surface area contributed by atoms with Crippen LogP contribution >= 0.6 is 0 Å². The molecule has 0 aromatic rings.